The van der Waals surface area contributed by atoms with Crippen LogP contribution >= 0.6 is 0 Å². The van der Waals surface area contributed by atoms with Gasteiger partial charge in [-0.3, -0.25) is 9.59 Å². The van der Waals surface area contributed by atoms with Crippen molar-refractivity contribution in [3.05, 3.63) is 65.2 Å². The number of carbonyl (C=O) groups excluding carboxylic acids is 3. The topological polar surface area (TPSA) is 81.7 Å². The molecule has 0 fully saturated rings. The summed E-state index contributed by atoms with van der Waals surface area (Å²) >= 11 is 0. The predicted octanol–water partition coefficient (Wildman–Crippen LogP) is 3.54. The van der Waals surface area contributed by atoms with Crippen LogP contribution in [-0.4, -0.2) is 36.9 Å². The van der Waals surface area contributed by atoms with Crippen LogP contribution in [-0.2, 0) is 9.53 Å². The highest BCUT2D eigenvalue weighted by Crippen LogP contribution is 2.15. The summed E-state index contributed by atoms with van der Waals surface area (Å²) in [5.74, 6) is -4.34. The molecule has 0 aliphatic heterocycles. The van der Waals surface area contributed by atoms with Crippen molar-refractivity contribution in [3.63, 3.8) is 0 Å². The Labute approximate surface area is 173 Å². The maximum atomic E-state index is 13.8. The van der Waals surface area contributed by atoms with Crippen LogP contribution < -0.4 is 10.1 Å². The second-order valence-electron chi connectivity index (χ2n) is 6.78. The first-order valence-electron chi connectivity index (χ1n) is 9.42. The van der Waals surface area contributed by atoms with Gasteiger partial charge in [0.05, 0.1) is 6.61 Å². The van der Waals surface area contributed by atoms with Crippen LogP contribution in [0.3, 0.4) is 0 Å². The lowest BCUT2D eigenvalue weighted by atomic mass is 10.0. The average molecular weight is 419 g/mol. The van der Waals surface area contributed by atoms with Crippen LogP contribution in [0.5, 0.6) is 5.75 Å². The molecule has 0 spiro atoms. The molecular weight excluding hydrogens is 396 g/mol. The number of ketones is 1. The number of carbonyl (C=O) groups is 3. The number of amides is 1. The van der Waals surface area contributed by atoms with E-state index < -0.39 is 53.4 Å². The molecule has 6 nitrogen and oxygen atoms in total. The van der Waals surface area contributed by atoms with Crippen LogP contribution in [0.4, 0.5) is 8.78 Å². The molecule has 0 saturated carbocycles. The van der Waals surface area contributed by atoms with Gasteiger partial charge in [-0.05, 0) is 49.2 Å². The molecule has 0 bridgehead atoms. The fourth-order valence-electron chi connectivity index (χ4n) is 2.64. The third kappa shape index (κ3) is 5.85. The molecule has 0 aromatic heterocycles. The smallest absolute Gasteiger partial charge is 0.329 e. The largest absolute Gasteiger partial charge is 0.494 e. The van der Waals surface area contributed by atoms with Crippen molar-refractivity contribution in [1.82, 2.24) is 5.32 Å². The Bertz CT molecular complexity index is 892. The second-order valence-corrected chi connectivity index (χ2v) is 6.78. The fraction of sp³-hybridized carbons (Fsp3) is 0.318. The number of Topliss-reactive ketones (excluding diaryl/α,β-unsaturated/α-hetero) is 1. The molecule has 1 atom stereocenters. The highest BCUT2D eigenvalue weighted by atomic mass is 19.1. The Morgan fingerprint density at radius 2 is 1.60 bits per heavy atom. The minimum atomic E-state index is -1.19. The second kappa shape index (κ2) is 10.5. The highest BCUT2D eigenvalue weighted by molar-refractivity contribution is 5.99. The lowest BCUT2D eigenvalue weighted by Gasteiger charge is -2.21. The van der Waals surface area contributed by atoms with E-state index in [9.17, 15) is 23.2 Å². The number of ether oxygens (including phenoxy) is 2. The molecule has 160 valence electrons. The van der Waals surface area contributed by atoms with E-state index in [2.05, 4.69) is 5.32 Å². The van der Waals surface area contributed by atoms with Crippen molar-refractivity contribution < 1.29 is 32.6 Å². The zero-order chi connectivity index (χ0) is 22.3. The molecule has 0 saturated heterocycles. The van der Waals surface area contributed by atoms with Gasteiger partial charge in [0, 0.05) is 5.56 Å². The molecule has 8 heteroatoms. The third-order valence-electron chi connectivity index (χ3n) is 4.23. The average Bonchev–Trinajstić information content (AvgIpc) is 2.70. The Hall–Kier alpha value is -3.29. The summed E-state index contributed by atoms with van der Waals surface area (Å²) in [6.07, 6.45) is 0. The molecule has 0 aliphatic carbocycles. The van der Waals surface area contributed by atoms with Gasteiger partial charge >= 0.3 is 5.97 Å². The van der Waals surface area contributed by atoms with E-state index >= 15 is 0 Å². The van der Waals surface area contributed by atoms with Crippen LogP contribution in [0.15, 0.2) is 42.5 Å². The van der Waals surface area contributed by atoms with Gasteiger partial charge < -0.3 is 14.8 Å². The van der Waals surface area contributed by atoms with Gasteiger partial charge in [0.1, 0.15) is 29.0 Å². The summed E-state index contributed by atoms with van der Waals surface area (Å²) in [4.78, 5) is 36.9. The maximum absolute atomic E-state index is 13.8. The summed E-state index contributed by atoms with van der Waals surface area (Å²) < 4.78 is 37.9. The molecule has 1 N–H and O–H groups in total. The summed E-state index contributed by atoms with van der Waals surface area (Å²) in [5.41, 5.74) is -0.466. The first kappa shape index (κ1) is 23.0. The minimum Gasteiger partial charge on any atom is -0.494 e. The Morgan fingerprint density at radius 3 is 2.13 bits per heavy atom. The van der Waals surface area contributed by atoms with E-state index in [1.807, 2.05) is 6.92 Å². The Balaban J connectivity index is 2.01. The maximum Gasteiger partial charge on any atom is 0.329 e. The predicted molar refractivity (Wildman–Crippen MR) is 105 cm³/mol. The lowest BCUT2D eigenvalue weighted by molar-refractivity contribution is -0.145. The lowest BCUT2D eigenvalue weighted by Crippen LogP contribution is -2.46. The number of hydrogen-bond acceptors (Lipinski definition) is 5. The number of halogens is 2. The van der Waals surface area contributed by atoms with E-state index in [0.29, 0.717) is 17.9 Å². The van der Waals surface area contributed by atoms with Gasteiger partial charge in [-0.15, -0.1) is 0 Å². The molecule has 30 heavy (non-hydrogen) atoms. The van der Waals surface area contributed by atoms with Crippen LogP contribution in [0.1, 0.15) is 41.5 Å². The summed E-state index contributed by atoms with van der Waals surface area (Å²) in [7, 11) is 0. The quantitative estimate of drug-likeness (QED) is 0.497. The van der Waals surface area contributed by atoms with Crippen molar-refractivity contribution in [2.24, 2.45) is 5.92 Å². The normalized spacial score (nSPS) is 11.7. The number of nitrogens with one attached hydrogen (secondary N) is 1. The van der Waals surface area contributed by atoms with Gasteiger partial charge in [-0.2, -0.15) is 0 Å². The molecule has 1 amide bonds. The summed E-state index contributed by atoms with van der Waals surface area (Å²) in [6.45, 7) is 5.03. The van der Waals surface area contributed by atoms with Gasteiger partial charge in [0.15, 0.2) is 12.4 Å². The monoisotopic (exact) mass is 419 g/mol. The van der Waals surface area contributed by atoms with E-state index in [4.69, 9.17) is 9.47 Å². The number of benzene rings is 2. The van der Waals surface area contributed by atoms with Gasteiger partial charge in [0.2, 0.25) is 0 Å². The van der Waals surface area contributed by atoms with Crippen LogP contribution in [0, 0.1) is 17.6 Å². The number of hydrogen-bond donors (Lipinski definition) is 1. The van der Waals surface area contributed by atoms with Crippen molar-refractivity contribution in [2.45, 2.75) is 26.8 Å². The zero-order valence-electron chi connectivity index (χ0n) is 16.9. The zero-order valence-corrected chi connectivity index (χ0v) is 16.9. The first-order valence-corrected chi connectivity index (χ1v) is 9.42. The van der Waals surface area contributed by atoms with Crippen LogP contribution in [0.2, 0.25) is 0 Å². The number of rotatable bonds is 9. The standard InChI is InChI=1S/C22H23F2NO5/c1-4-29-15-10-8-14(9-11-15)18(26)12-30-22(28)20(13(2)3)25-21(27)19-16(23)6-5-7-17(19)24/h5-11,13,20H,4,12H2,1-3H3,(H,25,27)/t20-/m0/s1. The van der Waals surface area contributed by atoms with Gasteiger partial charge in [-0.1, -0.05) is 19.9 Å². The molecule has 0 radical (unpaired) electrons. The van der Waals surface area contributed by atoms with Crippen LogP contribution in [0.25, 0.3) is 0 Å². The van der Waals surface area contributed by atoms with Gasteiger partial charge in [-0.25, -0.2) is 13.6 Å². The molecule has 2 aromatic carbocycles. The number of esters is 1. The molecule has 2 aromatic rings. The molecule has 0 aliphatic rings. The fourth-order valence-corrected chi connectivity index (χ4v) is 2.64. The summed E-state index contributed by atoms with van der Waals surface area (Å²) in [6, 6.07) is 8.16. The molecular formula is C22H23F2NO5. The van der Waals surface area contributed by atoms with Crippen molar-refractivity contribution in [1.29, 1.82) is 0 Å². The first-order chi connectivity index (χ1) is 14.2. The van der Waals surface area contributed by atoms with Crippen molar-refractivity contribution >= 4 is 17.7 Å². The Kier molecular flexibility index (Phi) is 8.03. The Morgan fingerprint density at radius 1 is 1.00 bits per heavy atom. The SMILES string of the molecule is CCOc1ccc(C(=O)COC(=O)[C@@H](NC(=O)c2c(F)cccc2F)C(C)C)cc1. The van der Waals surface area contributed by atoms with E-state index in [0.717, 1.165) is 18.2 Å². The highest BCUT2D eigenvalue weighted by Gasteiger charge is 2.29. The van der Waals surface area contributed by atoms with E-state index in [1.54, 1.807) is 38.1 Å². The molecule has 0 heterocycles. The molecule has 2 rings (SSSR count). The van der Waals surface area contributed by atoms with E-state index in [1.165, 1.54) is 0 Å². The minimum absolute atomic E-state index is 0.324. The van der Waals surface area contributed by atoms with E-state index in [-0.39, 0.29) is 0 Å². The summed E-state index contributed by atoms with van der Waals surface area (Å²) in [5, 5.41) is 2.28. The van der Waals surface area contributed by atoms with Crippen molar-refractivity contribution in [2.75, 3.05) is 13.2 Å². The van der Waals surface area contributed by atoms with Crippen molar-refractivity contribution in [3.8, 4) is 5.75 Å². The third-order valence-corrected chi connectivity index (χ3v) is 4.23. The molecule has 0 unspecified atom stereocenters. The van der Waals surface area contributed by atoms with Gasteiger partial charge in [0.25, 0.3) is 5.91 Å².